The van der Waals surface area contributed by atoms with Gasteiger partial charge in [0.25, 0.3) is 11.8 Å². The normalized spacial score (nSPS) is 15.8. The summed E-state index contributed by atoms with van der Waals surface area (Å²) >= 11 is 0. The van der Waals surface area contributed by atoms with E-state index in [0.29, 0.717) is 40.3 Å². The molecule has 4 unspecified atom stereocenters. The molecule has 2 saturated heterocycles. The molecule has 9 amide bonds. The van der Waals surface area contributed by atoms with Gasteiger partial charge in [0.15, 0.2) is 12.1 Å². The Morgan fingerprint density at radius 2 is 1.06 bits per heavy atom. The van der Waals surface area contributed by atoms with Crippen molar-refractivity contribution in [2.45, 2.75) is 110 Å². The number of aliphatic carboxylic acids is 1. The van der Waals surface area contributed by atoms with Gasteiger partial charge in [-0.1, -0.05) is 107 Å². The van der Waals surface area contributed by atoms with Crippen molar-refractivity contribution >= 4 is 72.3 Å². The molecule has 2 aliphatic heterocycles. The first-order valence-electron chi connectivity index (χ1n) is 24.1. The highest BCUT2D eigenvalue weighted by Crippen LogP contribution is 2.21. The van der Waals surface area contributed by atoms with Crippen molar-refractivity contribution in [3.05, 3.63) is 97.1 Å². The fraction of sp³-hybridized carbons (Fsp3) is 0.490. The number of urea groups is 2. The fourth-order valence-corrected chi connectivity index (χ4v) is 7.00. The number of carbonyl (C=O) groups is 10. The van der Waals surface area contributed by atoms with Crippen LogP contribution in [0, 0.1) is 0 Å². The highest BCUT2D eigenvalue weighted by Gasteiger charge is 2.48. The zero-order valence-corrected chi connectivity index (χ0v) is 43.9. The van der Waals surface area contributed by atoms with Gasteiger partial charge >= 0.3 is 42.2 Å². The van der Waals surface area contributed by atoms with Gasteiger partial charge in [-0.2, -0.15) is 0 Å². The third-order valence-electron chi connectivity index (χ3n) is 10.7. The van der Waals surface area contributed by atoms with Crippen molar-refractivity contribution in [2.75, 3.05) is 52.5 Å². The Kier molecular flexibility index (Phi) is 33.5. The van der Waals surface area contributed by atoms with Gasteiger partial charge in [-0.25, -0.2) is 33.8 Å². The van der Waals surface area contributed by atoms with Crippen LogP contribution < -0.4 is 21.7 Å². The minimum atomic E-state index is -1.57. The quantitative estimate of drug-likeness (QED) is 0.0427. The van der Waals surface area contributed by atoms with Gasteiger partial charge in [-0.3, -0.25) is 24.0 Å². The lowest BCUT2D eigenvalue weighted by atomic mass is 10.0. The fourth-order valence-electron chi connectivity index (χ4n) is 7.00. The molecule has 6 atom stereocenters. The second-order valence-electron chi connectivity index (χ2n) is 16.4. The number of aliphatic hydroxyl groups excluding tert-OH is 2. The number of aliphatic hydroxyl groups is 2. The van der Waals surface area contributed by atoms with Crippen molar-refractivity contribution in [3.63, 3.8) is 0 Å². The van der Waals surface area contributed by atoms with Gasteiger partial charge in [0.2, 0.25) is 5.91 Å². The van der Waals surface area contributed by atoms with Crippen LogP contribution in [0.15, 0.2) is 86.0 Å². The smallest absolute Gasteiger partial charge is 0.419 e. The average molecular weight is 1110 g/mol. The van der Waals surface area contributed by atoms with E-state index in [9.17, 15) is 63.3 Å². The number of carboxylic acids is 1. The standard InChI is InChI=1S/C25H34N4O8.C16H18N2O7.C9H18N2O2.CH4.ClH/c1-4-10-18(21(31)23(33)26-13-5-2)27-22(32)19-14-28(15-20(30)36-6-3)24(34)29(19)25(35)37-16-17-11-8-7-9-12-17;1-2-24-13(19)9-17-8-12(14(20)21)18(15(17)22)16(23)25-10-11-6-4-3-5-7-11;1-3-5-7(10)8(12)9(13)11-6-4-2;;/h5,7-9,11-12,18-19,21,31H,2,4,6,10,13-16H2,1,3H3,(H,26,33)(H,27,32);3-7,12H,2,8-10H2,1H3,(H,20,21);4,7-8,12H,2-3,5-6,10H2,1H3,(H,11,13);1H4;1H/t18?,19-,21?;12-;;;/m00.../s1. The average Bonchev–Trinajstić information content (AvgIpc) is 3.90. The maximum absolute atomic E-state index is 13.2. The number of halogens is 1. The largest absolute Gasteiger partial charge is 0.480 e. The van der Waals surface area contributed by atoms with E-state index in [-0.39, 0.29) is 72.3 Å². The third-order valence-corrected chi connectivity index (χ3v) is 10.7. The number of rotatable bonds is 25. The molecule has 2 aliphatic rings. The van der Waals surface area contributed by atoms with Gasteiger partial charge in [0.05, 0.1) is 32.3 Å². The predicted molar refractivity (Wildman–Crippen MR) is 281 cm³/mol. The van der Waals surface area contributed by atoms with Crippen LogP contribution in [-0.2, 0) is 60.9 Å². The highest BCUT2D eigenvalue weighted by molar-refractivity contribution is 6.01. The zero-order chi connectivity index (χ0) is 56.0. The molecule has 4 rings (SSSR count). The number of benzene rings is 2. The van der Waals surface area contributed by atoms with Crippen LogP contribution in [0.25, 0.3) is 0 Å². The highest BCUT2D eigenvalue weighted by atomic mass is 35.5. The van der Waals surface area contributed by atoms with Crippen LogP contribution in [0.4, 0.5) is 19.2 Å². The molecule has 8 N–H and O–H groups in total. The lowest BCUT2D eigenvalue weighted by Gasteiger charge is -2.26. The van der Waals surface area contributed by atoms with Gasteiger partial charge in [0, 0.05) is 19.1 Å². The molecule has 2 aromatic rings. The molecule has 0 aliphatic carbocycles. The first-order chi connectivity index (χ1) is 35.8. The molecule has 2 aromatic carbocycles. The van der Waals surface area contributed by atoms with Crippen molar-refractivity contribution in [1.29, 1.82) is 0 Å². The van der Waals surface area contributed by atoms with E-state index >= 15 is 0 Å². The van der Waals surface area contributed by atoms with Crippen LogP contribution in [0.2, 0.25) is 0 Å². The monoisotopic (exact) mass is 1110 g/mol. The minimum Gasteiger partial charge on any atom is -0.480 e. The van der Waals surface area contributed by atoms with E-state index in [1.807, 2.05) is 6.92 Å². The van der Waals surface area contributed by atoms with Crippen LogP contribution in [0.5, 0.6) is 0 Å². The van der Waals surface area contributed by atoms with E-state index < -0.39 is 109 Å². The summed E-state index contributed by atoms with van der Waals surface area (Å²) in [5.41, 5.74) is 6.93. The molecular weight excluding hydrogens is 1030 g/mol. The first-order valence-corrected chi connectivity index (χ1v) is 24.1. The Balaban J connectivity index is 0.00000124. The third kappa shape index (κ3) is 23.0. The number of carbonyl (C=O) groups excluding carboxylic acids is 9. The Bertz CT molecular complexity index is 2250. The number of imide groups is 2. The molecule has 77 heavy (non-hydrogen) atoms. The molecule has 428 valence electrons. The number of carboxylic acid groups (broad SMARTS) is 1. The second kappa shape index (κ2) is 37.2. The minimum absolute atomic E-state index is 0. The maximum Gasteiger partial charge on any atom is 0.419 e. The SMILES string of the molecule is C.C=CCNC(=O)C(O)C(CCC)NC(=O)[C@@H]1CN(CC(=O)OCC)C(=O)N1C(=O)OCc1ccccc1.C=CCNC(=O)C(O)C(N)CCC.CCOC(=O)CN1C[C@@H](C(=O)O)N(C(=O)OCc2ccccc2)C1=O.Cl. The number of amides is 9. The molecule has 26 heteroatoms. The van der Waals surface area contributed by atoms with E-state index in [1.165, 1.54) is 6.08 Å². The summed E-state index contributed by atoms with van der Waals surface area (Å²) in [5.74, 6) is -4.67. The van der Waals surface area contributed by atoms with Crippen LogP contribution in [0.1, 0.15) is 71.9 Å². The lowest BCUT2D eigenvalue weighted by molar-refractivity contribution is -0.144. The molecule has 0 radical (unpaired) electrons. The topological polar surface area (TPSA) is 343 Å². The van der Waals surface area contributed by atoms with E-state index in [0.717, 1.165) is 16.2 Å². The summed E-state index contributed by atoms with van der Waals surface area (Å²) in [4.78, 5) is 125. The predicted octanol–water partition coefficient (Wildman–Crippen LogP) is 2.85. The number of nitrogens with zero attached hydrogens (tertiary/aromatic N) is 4. The molecule has 0 saturated carbocycles. The number of hydrogen-bond acceptors (Lipinski definition) is 17. The van der Waals surface area contributed by atoms with Crippen LogP contribution in [-0.4, -0.2) is 184 Å². The van der Waals surface area contributed by atoms with Crippen molar-refractivity contribution in [1.82, 2.24) is 35.6 Å². The van der Waals surface area contributed by atoms with Crippen molar-refractivity contribution in [3.8, 4) is 0 Å². The van der Waals surface area contributed by atoms with Crippen LogP contribution in [0.3, 0.4) is 0 Å². The number of hydrogen-bond donors (Lipinski definition) is 7. The van der Waals surface area contributed by atoms with Crippen molar-refractivity contribution in [2.24, 2.45) is 5.73 Å². The molecule has 0 bridgehead atoms. The number of nitrogens with two attached hydrogens (primary N) is 1. The summed E-state index contributed by atoms with van der Waals surface area (Å²) < 4.78 is 19.9. The Morgan fingerprint density at radius 3 is 1.45 bits per heavy atom. The summed E-state index contributed by atoms with van der Waals surface area (Å²) in [6.07, 6.45) is 0.433. The number of ether oxygens (including phenoxy) is 4. The zero-order valence-electron chi connectivity index (χ0n) is 43.0. The first kappa shape index (κ1) is 69.4. The summed E-state index contributed by atoms with van der Waals surface area (Å²) in [7, 11) is 0. The van der Waals surface area contributed by atoms with Gasteiger partial charge in [-0.05, 0) is 37.8 Å². The van der Waals surface area contributed by atoms with E-state index in [2.05, 4.69) is 29.1 Å². The van der Waals surface area contributed by atoms with Gasteiger partial charge in [0.1, 0.15) is 38.4 Å². The van der Waals surface area contributed by atoms with E-state index in [4.69, 9.17) is 24.7 Å². The molecule has 2 heterocycles. The molecule has 2 fully saturated rings. The van der Waals surface area contributed by atoms with Crippen molar-refractivity contribution < 1.29 is 82.2 Å². The summed E-state index contributed by atoms with van der Waals surface area (Å²) in [6.45, 7) is 12.9. The lowest BCUT2D eigenvalue weighted by Crippen LogP contribution is -2.56. The Labute approximate surface area is 454 Å². The number of esters is 2. The second-order valence-corrected chi connectivity index (χ2v) is 16.4. The summed E-state index contributed by atoms with van der Waals surface area (Å²) in [6, 6.07) is 11.4. The molecular formula is C51H75ClN8O17. The Morgan fingerprint density at radius 1 is 0.662 bits per heavy atom. The van der Waals surface area contributed by atoms with Gasteiger partial charge in [-0.15, -0.1) is 25.6 Å². The maximum atomic E-state index is 13.2. The molecule has 0 spiro atoms. The number of nitrogens with one attached hydrogen (secondary N) is 3. The van der Waals surface area contributed by atoms with Crippen LogP contribution >= 0.6 is 12.4 Å². The van der Waals surface area contributed by atoms with E-state index in [1.54, 1.807) is 87.5 Å². The Hall–Kier alpha value is -7.61. The molecule has 25 nitrogen and oxygen atoms in total. The van der Waals surface area contributed by atoms with Gasteiger partial charge < -0.3 is 65.8 Å². The summed E-state index contributed by atoms with van der Waals surface area (Å²) in [5, 5.41) is 36.6. The molecule has 0 aromatic heterocycles.